The van der Waals surface area contributed by atoms with Gasteiger partial charge in [0.1, 0.15) is 0 Å². The molecule has 104 valence electrons. The second-order valence-electron chi connectivity index (χ2n) is 5.84. The highest BCUT2D eigenvalue weighted by atomic mass is 15.2. The van der Waals surface area contributed by atoms with E-state index in [0.717, 1.165) is 38.4 Å². The Labute approximate surface area is 108 Å². The Morgan fingerprint density at radius 2 is 1.65 bits per heavy atom. The van der Waals surface area contributed by atoms with Crippen LogP contribution in [-0.4, -0.2) is 56.1 Å². The molecule has 0 saturated heterocycles. The molecular weight excluding hydrogens is 210 g/mol. The molecule has 0 aliphatic rings. The Morgan fingerprint density at radius 3 is 2.12 bits per heavy atom. The van der Waals surface area contributed by atoms with Crippen molar-refractivity contribution < 1.29 is 0 Å². The first kappa shape index (κ1) is 16.9. The quantitative estimate of drug-likeness (QED) is 0.637. The van der Waals surface area contributed by atoms with Gasteiger partial charge in [-0.2, -0.15) is 0 Å². The van der Waals surface area contributed by atoms with Crippen LogP contribution in [0.1, 0.15) is 40.0 Å². The van der Waals surface area contributed by atoms with Crippen LogP contribution in [0.15, 0.2) is 0 Å². The smallest absolute Gasteiger partial charge is 0.0109 e. The van der Waals surface area contributed by atoms with Gasteiger partial charge in [-0.3, -0.25) is 0 Å². The summed E-state index contributed by atoms with van der Waals surface area (Å²) in [6.45, 7) is 11.4. The van der Waals surface area contributed by atoms with Gasteiger partial charge in [0, 0.05) is 25.7 Å². The molecule has 17 heavy (non-hydrogen) atoms. The monoisotopic (exact) mass is 243 g/mol. The molecule has 1 atom stereocenters. The molecule has 1 unspecified atom stereocenters. The van der Waals surface area contributed by atoms with Crippen LogP contribution in [0, 0.1) is 5.92 Å². The summed E-state index contributed by atoms with van der Waals surface area (Å²) in [5, 5.41) is 0. The number of hydrogen-bond acceptors (Lipinski definition) is 3. The maximum atomic E-state index is 6.08. The van der Waals surface area contributed by atoms with Crippen molar-refractivity contribution in [3.8, 4) is 0 Å². The summed E-state index contributed by atoms with van der Waals surface area (Å²) >= 11 is 0. The lowest BCUT2D eigenvalue weighted by Gasteiger charge is -2.27. The second-order valence-corrected chi connectivity index (χ2v) is 5.84. The van der Waals surface area contributed by atoms with Crippen molar-refractivity contribution in [2.24, 2.45) is 11.7 Å². The lowest BCUT2D eigenvalue weighted by Crippen LogP contribution is -2.37. The fourth-order valence-corrected chi connectivity index (χ4v) is 2.02. The van der Waals surface area contributed by atoms with Crippen molar-refractivity contribution in [2.45, 2.75) is 46.1 Å². The SMILES string of the molecule is CCCC(N)CCN(CCN(C)C)CC(C)C. The van der Waals surface area contributed by atoms with Crippen molar-refractivity contribution >= 4 is 0 Å². The van der Waals surface area contributed by atoms with Crippen molar-refractivity contribution in [2.75, 3.05) is 40.3 Å². The van der Waals surface area contributed by atoms with Crippen LogP contribution in [-0.2, 0) is 0 Å². The molecule has 0 spiro atoms. The van der Waals surface area contributed by atoms with Crippen LogP contribution < -0.4 is 5.73 Å². The lowest BCUT2D eigenvalue weighted by molar-refractivity contribution is 0.211. The molecule has 0 radical (unpaired) electrons. The summed E-state index contributed by atoms with van der Waals surface area (Å²) in [4.78, 5) is 4.81. The highest BCUT2D eigenvalue weighted by Crippen LogP contribution is 2.04. The molecule has 0 aromatic rings. The van der Waals surface area contributed by atoms with Crippen LogP contribution in [0.2, 0.25) is 0 Å². The van der Waals surface area contributed by atoms with E-state index in [4.69, 9.17) is 5.73 Å². The van der Waals surface area contributed by atoms with Gasteiger partial charge in [0.25, 0.3) is 0 Å². The van der Waals surface area contributed by atoms with Crippen molar-refractivity contribution in [3.63, 3.8) is 0 Å². The van der Waals surface area contributed by atoms with Gasteiger partial charge in [0.05, 0.1) is 0 Å². The van der Waals surface area contributed by atoms with Gasteiger partial charge in [-0.1, -0.05) is 27.2 Å². The first-order valence-corrected chi connectivity index (χ1v) is 7.08. The summed E-state index contributed by atoms with van der Waals surface area (Å²) in [5.41, 5.74) is 6.08. The minimum Gasteiger partial charge on any atom is -0.328 e. The molecule has 0 saturated carbocycles. The molecule has 3 heteroatoms. The lowest BCUT2D eigenvalue weighted by atomic mass is 10.1. The number of hydrogen-bond donors (Lipinski definition) is 1. The van der Waals surface area contributed by atoms with Crippen molar-refractivity contribution in [1.82, 2.24) is 9.80 Å². The maximum Gasteiger partial charge on any atom is 0.0109 e. The highest BCUT2D eigenvalue weighted by molar-refractivity contribution is 4.67. The number of nitrogens with zero attached hydrogens (tertiary/aromatic N) is 2. The Kier molecular flexibility index (Phi) is 9.79. The molecule has 0 aliphatic heterocycles. The normalized spacial score (nSPS) is 13.9. The van der Waals surface area contributed by atoms with Crippen LogP contribution >= 0.6 is 0 Å². The molecule has 0 aromatic heterocycles. The molecule has 0 amide bonds. The Hall–Kier alpha value is -0.120. The Bertz CT molecular complexity index is 169. The highest BCUT2D eigenvalue weighted by Gasteiger charge is 2.09. The van der Waals surface area contributed by atoms with E-state index in [2.05, 4.69) is 44.7 Å². The zero-order chi connectivity index (χ0) is 13.3. The molecule has 0 bridgehead atoms. The zero-order valence-electron chi connectivity index (χ0n) is 12.6. The minimum absolute atomic E-state index is 0.383. The average Bonchev–Trinajstić information content (AvgIpc) is 2.21. The standard InChI is InChI=1S/C14H33N3/c1-6-7-14(15)8-9-17(12-13(2)3)11-10-16(4)5/h13-14H,6-12,15H2,1-5H3. The first-order chi connectivity index (χ1) is 7.95. The van der Waals surface area contributed by atoms with Gasteiger partial charge >= 0.3 is 0 Å². The van der Waals surface area contributed by atoms with E-state index in [9.17, 15) is 0 Å². The van der Waals surface area contributed by atoms with Crippen molar-refractivity contribution in [3.05, 3.63) is 0 Å². The van der Waals surface area contributed by atoms with Gasteiger partial charge < -0.3 is 15.5 Å². The van der Waals surface area contributed by atoms with Crippen LogP contribution in [0.5, 0.6) is 0 Å². The van der Waals surface area contributed by atoms with E-state index in [1.807, 2.05) is 0 Å². The molecule has 0 aromatic carbocycles. The van der Waals surface area contributed by atoms with E-state index < -0.39 is 0 Å². The van der Waals surface area contributed by atoms with E-state index in [1.54, 1.807) is 0 Å². The molecule has 0 heterocycles. The van der Waals surface area contributed by atoms with E-state index in [1.165, 1.54) is 13.0 Å². The summed E-state index contributed by atoms with van der Waals surface area (Å²) in [7, 11) is 4.27. The molecule has 0 rings (SSSR count). The third kappa shape index (κ3) is 10.7. The largest absolute Gasteiger partial charge is 0.328 e. The number of likely N-dealkylation sites (N-methyl/N-ethyl adjacent to an activating group) is 1. The van der Waals surface area contributed by atoms with Crippen LogP contribution in [0.25, 0.3) is 0 Å². The van der Waals surface area contributed by atoms with Gasteiger partial charge in [-0.25, -0.2) is 0 Å². The fourth-order valence-electron chi connectivity index (χ4n) is 2.02. The van der Waals surface area contributed by atoms with Crippen LogP contribution in [0.4, 0.5) is 0 Å². The number of nitrogens with two attached hydrogens (primary N) is 1. The van der Waals surface area contributed by atoms with Crippen molar-refractivity contribution in [1.29, 1.82) is 0 Å². The maximum absolute atomic E-state index is 6.08. The second kappa shape index (κ2) is 9.86. The third-order valence-electron chi connectivity index (χ3n) is 2.96. The van der Waals surface area contributed by atoms with Gasteiger partial charge in [0.15, 0.2) is 0 Å². The van der Waals surface area contributed by atoms with Gasteiger partial charge in [0.2, 0.25) is 0 Å². The minimum atomic E-state index is 0.383. The number of rotatable bonds is 10. The molecule has 2 N–H and O–H groups in total. The predicted octanol–water partition coefficient (Wildman–Crippen LogP) is 2.02. The molecule has 0 aliphatic carbocycles. The van der Waals surface area contributed by atoms with E-state index in [-0.39, 0.29) is 0 Å². The first-order valence-electron chi connectivity index (χ1n) is 7.08. The molecule has 3 nitrogen and oxygen atoms in total. The fraction of sp³-hybridized carbons (Fsp3) is 1.00. The van der Waals surface area contributed by atoms with Crippen LogP contribution in [0.3, 0.4) is 0 Å². The summed E-state index contributed by atoms with van der Waals surface area (Å²) in [5.74, 6) is 0.736. The van der Waals surface area contributed by atoms with Gasteiger partial charge in [-0.15, -0.1) is 0 Å². The van der Waals surface area contributed by atoms with Gasteiger partial charge in [-0.05, 0) is 39.4 Å². The Balaban J connectivity index is 3.91. The van der Waals surface area contributed by atoms with E-state index >= 15 is 0 Å². The summed E-state index contributed by atoms with van der Waals surface area (Å²) in [6.07, 6.45) is 3.49. The topological polar surface area (TPSA) is 32.5 Å². The Morgan fingerprint density at radius 1 is 1.00 bits per heavy atom. The van der Waals surface area contributed by atoms with E-state index in [0.29, 0.717) is 6.04 Å². The predicted molar refractivity (Wildman–Crippen MR) is 77.3 cm³/mol. The zero-order valence-corrected chi connectivity index (χ0v) is 12.6. The summed E-state index contributed by atoms with van der Waals surface area (Å²) in [6, 6.07) is 0.383. The summed E-state index contributed by atoms with van der Waals surface area (Å²) < 4.78 is 0. The average molecular weight is 243 g/mol. The molecule has 0 fully saturated rings. The molecular formula is C14H33N3. The third-order valence-corrected chi connectivity index (χ3v) is 2.96.